The SMILES string of the molecule is CC1(NCc2ncc(C(C)(C)C)o2)CCNC1. The fourth-order valence-electron chi connectivity index (χ4n) is 2.00. The van der Waals surface area contributed by atoms with Crippen molar-refractivity contribution in [2.45, 2.75) is 51.6 Å². The molecule has 0 spiro atoms. The zero-order valence-corrected chi connectivity index (χ0v) is 11.3. The zero-order chi connectivity index (χ0) is 12.5. The average molecular weight is 237 g/mol. The molecule has 96 valence electrons. The number of nitrogens with zero attached hydrogens (tertiary/aromatic N) is 1. The van der Waals surface area contributed by atoms with Gasteiger partial charge in [0.25, 0.3) is 0 Å². The Morgan fingerprint density at radius 3 is 2.82 bits per heavy atom. The van der Waals surface area contributed by atoms with Crippen LogP contribution in [0.5, 0.6) is 0 Å². The van der Waals surface area contributed by atoms with Crippen LogP contribution in [0.3, 0.4) is 0 Å². The first-order valence-corrected chi connectivity index (χ1v) is 6.30. The Kier molecular flexibility index (Phi) is 3.27. The third kappa shape index (κ3) is 3.07. The van der Waals surface area contributed by atoms with Crippen LogP contribution in [0.25, 0.3) is 0 Å². The molecule has 2 N–H and O–H groups in total. The second kappa shape index (κ2) is 4.42. The largest absolute Gasteiger partial charge is 0.444 e. The fraction of sp³-hybridized carbons (Fsp3) is 0.769. The lowest BCUT2D eigenvalue weighted by Crippen LogP contribution is -2.43. The summed E-state index contributed by atoms with van der Waals surface area (Å²) in [7, 11) is 0. The van der Waals surface area contributed by atoms with Gasteiger partial charge in [0, 0.05) is 17.5 Å². The Bertz CT molecular complexity index is 372. The Morgan fingerprint density at radius 1 is 1.53 bits per heavy atom. The highest BCUT2D eigenvalue weighted by atomic mass is 16.4. The molecule has 2 rings (SSSR count). The summed E-state index contributed by atoms with van der Waals surface area (Å²) >= 11 is 0. The van der Waals surface area contributed by atoms with Gasteiger partial charge < -0.3 is 15.1 Å². The molecule has 17 heavy (non-hydrogen) atoms. The van der Waals surface area contributed by atoms with Gasteiger partial charge in [-0.05, 0) is 19.9 Å². The number of hydrogen-bond acceptors (Lipinski definition) is 4. The van der Waals surface area contributed by atoms with Crippen molar-refractivity contribution < 1.29 is 4.42 Å². The topological polar surface area (TPSA) is 50.1 Å². The molecule has 0 aromatic carbocycles. The molecule has 0 bridgehead atoms. The molecule has 1 aromatic rings. The molecule has 1 atom stereocenters. The molecule has 1 fully saturated rings. The highest BCUT2D eigenvalue weighted by Gasteiger charge is 2.28. The van der Waals surface area contributed by atoms with E-state index in [0.717, 1.165) is 31.2 Å². The molecule has 4 nitrogen and oxygen atoms in total. The molecule has 1 aliphatic heterocycles. The van der Waals surface area contributed by atoms with Crippen molar-refractivity contribution in [2.24, 2.45) is 0 Å². The summed E-state index contributed by atoms with van der Waals surface area (Å²) in [5.74, 6) is 1.73. The van der Waals surface area contributed by atoms with Crippen LogP contribution in [0, 0.1) is 0 Å². The van der Waals surface area contributed by atoms with Crippen molar-refractivity contribution >= 4 is 0 Å². The molecular formula is C13H23N3O. The number of rotatable bonds is 3. The van der Waals surface area contributed by atoms with Crippen molar-refractivity contribution in [1.82, 2.24) is 15.6 Å². The van der Waals surface area contributed by atoms with Crippen molar-refractivity contribution in [1.29, 1.82) is 0 Å². The number of hydrogen-bond donors (Lipinski definition) is 2. The van der Waals surface area contributed by atoms with Crippen LogP contribution in [0.15, 0.2) is 10.6 Å². The molecule has 0 aliphatic carbocycles. The smallest absolute Gasteiger partial charge is 0.208 e. The van der Waals surface area contributed by atoms with Crippen LogP contribution in [-0.4, -0.2) is 23.6 Å². The van der Waals surface area contributed by atoms with Crippen molar-refractivity contribution in [3.63, 3.8) is 0 Å². The summed E-state index contributed by atoms with van der Waals surface area (Å²) in [4.78, 5) is 4.33. The predicted molar refractivity (Wildman–Crippen MR) is 67.9 cm³/mol. The van der Waals surface area contributed by atoms with Gasteiger partial charge in [-0.1, -0.05) is 20.8 Å². The fourth-order valence-corrected chi connectivity index (χ4v) is 2.00. The summed E-state index contributed by atoms with van der Waals surface area (Å²) in [6.45, 7) is 11.4. The molecule has 1 unspecified atom stereocenters. The molecule has 2 heterocycles. The predicted octanol–water partition coefficient (Wildman–Crippen LogP) is 1.81. The van der Waals surface area contributed by atoms with Gasteiger partial charge in [0.2, 0.25) is 5.89 Å². The Hall–Kier alpha value is -0.870. The van der Waals surface area contributed by atoms with E-state index in [9.17, 15) is 0 Å². The van der Waals surface area contributed by atoms with E-state index in [1.807, 2.05) is 6.20 Å². The summed E-state index contributed by atoms with van der Waals surface area (Å²) in [6.07, 6.45) is 2.99. The van der Waals surface area contributed by atoms with Gasteiger partial charge in [0.1, 0.15) is 5.76 Å². The number of aromatic nitrogens is 1. The van der Waals surface area contributed by atoms with Gasteiger partial charge in [-0.2, -0.15) is 0 Å². The first-order chi connectivity index (χ1) is 7.89. The maximum atomic E-state index is 5.76. The van der Waals surface area contributed by atoms with Gasteiger partial charge in [0.15, 0.2) is 0 Å². The second-order valence-corrected chi connectivity index (χ2v) is 6.21. The highest BCUT2D eigenvalue weighted by molar-refractivity contribution is 5.06. The quantitative estimate of drug-likeness (QED) is 0.842. The minimum atomic E-state index is 0.0318. The molecule has 1 aromatic heterocycles. The van der Waals surface area contributed by atoms with Gasteiger partial charge in [-0.25, -0.2) is 4.98 Å². The van der Waals surface area contributed by atoms with Crippen LogP contribution in [0.1, 0.15) is 45.8 Å². The molecule has 0 radical (unpaired) electrons. The monoisotopic (exact) mass is 237 g/mol. The lowest BCUT2D eigenvalue weighted by atomic mass is 9.94. The van der Waals surface area contributed by atoms with E-state index in [4.69, 9.17) is 4.42 Å². The molecule has 0 saturated carbocycles. The van der Waals surface area contributed by atoms with E-state index in [0.29, 0.717) is 6.54 Å². The third-order valence-corrected chi connectivity index (χ3v) is 3.33. The van der Waals surface area contributed by atoms with E-state index < -0.39 is 0 Å². The van der Waals surface area contributed by atoms with Crippen molar-refractivity contribution in [3.05, 3.63) is 17.8 Å². The minimum absolute atomic E-state index is 0.0318. The van der Waals surface area contributed by atoms with Gasteiger partial charge >= 0.3 is 0 Å². The van der Waals surface area contributed by atoms with E-state index in [1.54, 1.807) is 0 Å². The Morgan fingerprint density at radius 2 is 2.29 bits per heavy atom. The van der Waals surface area contributed by atoms with E-state index in [1.165, 1.54) is 0 Å². The number of nitrogens with one attached hydrogen (secondary N) is 2. The average Bonchev–Trinajstić information content (AvgIpc) is 2.83. The van der Waals surface area contributed by atoms with Gasteiger partial charge in [-0.15, -0.1) is 0 Å². The molecular weight excluding hydrogens is 214 g/mol. The summed E-state index contributed by atoms with van der Waals surface area (Å²) < 4.78 is 5.76. The van der Waals surface area contributed by atoms with Gasteiger partial charge in [0.05, 0.1) is 12.7 Å². The summed E-state index contributed by atoms with van der Waals surface area (Å²) in [5.41, 5.74) is 0.209. The summed E-state index contributed by atoms with van der Waals surface area (Å²) in [5, 5.41) is 6.89. The van der Waals surface area contributed by atoms with Crippen LogP contribution < -0.4 is 10.6 Å². The third-order valence-electron chi connectivity index (χ3n) is 3.33. The Balaban J connectivity index is 1.93. The van der Waals surface area contributed by atoms with E-state index >= 15 is 0 Å². The van der Waals surface area contributed by atoms with Crippen LogP contribution in [0.4, 0.5) is 0 Å². The second-order valence-electron chi connectivity index (χ2n) is 6.21. The molecule has 4 heteroatoms. The normalized spacial score (nSPS) is 25.4. The van der Waals surface area contributed by atoms with Gasteiger partial charge in [-0.3, -0.25) is 0 Å². The minimum Gasteiger partial charge on any atom is -0.444 e. The highest BCUT2D eigenvalue weighted by Crippen LogP contribution is 2.23. The lowest BCUT2D eigenvalue weighted by Gasteiger charge is -2.23. The van der Waals surface area contributed by atoms with E-state index in [-0.39, 0.29) is 11.0 Å². The maximum absolute atomic E-state index is 5.76. The zero-order valence-electron chi connectivity index (χ0n) is 11.3. The van der Waals surface area contributed by atoms with Crippen molar-refractivity contribution in [3.8, 4) is 0 Å². The molecule has 1 saturated heterocycles. The standard InChI is InChI=1S/C13H23N3O/c1-12(2,3)10-7-15-11(17-10)8-16-13(4)5-6-14-9-13/h7,14,16H,5-6,8-9H2,1-4H3. The first kappa shape index (κ1) is 12.6. The molecule has 1 aliphatic rings. The first-order valence-electron chi connectivity index (χ1n) is 6.30. The van der Waals surface area contributed by atoms with E-state index in [2.05, 4.69) is 43.3 Å². The van der Waals surface area contributed by atoms with Crippen LogP contribution in [0.2, 0.25) is 0 Å². The van der Waals surface area contributed by atoms with Crippen LogP contribution in [-0.2, 0) is 12.0 Å². The summed E-state index contributed by atoms with van der Waals surface area (Å²) in [6, 6.07) is 0. The lowest BCUT2D eigenvalue weighted by molar-refractivity contribution is 0.332. The number of oxazole rings is 1. The maximum Gasteiger partial charge on any atom is 0.208 e. The Labute approximate surface area is 103 Å². The molecule has 0 amide bonds. The van der Waals surface area contributed by atoms with Crippen LogP contribution >= 0.6 is 0 Å². The van der Waals surface area contributed by atoms with Crippen molar-refractivity contribution in [2.75, 3.05) is 13.1 Å².